The first-order valence-electron chi connectivity index (χ1n) is 5.18. The zero-order chi connectivity index (χ0) is 10.7. The highest BCUT2D eigenvalue weighted by Gasteiger charge is 2.30. The molecule has 1 saturated heterocycles. The fraction of sp³-hybridized carbons (Fsp3) is 0.900. The maximum atomic E-state index is 12.5. The summed E-state index contributed by atoms with van der Waals surface area (Å²) in [6.07, 6.45) is 0.139. The molecule has 0 saturated carbocycles. The van der Waals surface area contributed by atoms with Gasteiger partial charge in [0, 0.05) is 6.04 Å². The molecular formula is C10H19FN2O. The van der Waals surface area contributed by atoms with E-state index >= 15 is 0 Å². The number of urea groups is 1. The van der Waals surface area contributed by atoms with Crippen molar-refractivity contribution in [3.63, 3.8) is 0 Å². The summed E-state index contributed by atoms with van der Waals surface area (Å²) in [5.41, 5.74) is 0. The topological polar surface area (TPSA) is 32.3 Å². The summed E-state index contributed by atoms with van der Waals surface area (Å²) in [5.74, 6) is 0.565. The highest BCUT2D eigenvalue weighted by molar-refractivity contribution is 5.75. The van der Waals surface area contributed by atoms with Crippen LogP contribution in [0, 0.1) is 5.92 Å². The minimum absolute atomic E-state index is 0.132. The first kappa shape index (κ1) is 11.3. The molecule has 82 valence electrons. The number of carbonyl (C=O) groups is 1. The lowest BCUT2D eigenvalue weighted by Gasteiger charge is -2.35. The van der Waals surface area contributed by atoms with Crippen molar-refractivity contribution in [1.29, 1.82) is 0 Å². The number of hydrogen-bond acceptors (Lipinski definition) is 1. The number of halogens is 1. The van der Waals surface area contributed by atoms with E-state index in [1.807, 2.05) is 6.92 Å². The Labute approximate surface area is 84.7 Å². The molecule has 3 nitrogen and oxygen atoms in total. The van der Waals surface area contributed by atoms with Crippen LogP contribution < -0.4 is 5.32 Å². The third-order valence-corrected chi connectivity index (χ3v) is 2.32. The van der Waals surface area contributed by atoms with Gasteiger partial charge in [0.1, 0.15) is 6.17 Å². The lowest BCUT2D eigenvalue weighted by molar-refractivity contribution is 0.0880. The Balaban J connectivity index is 2.20. The van der Waals surface area contributed by atoms with E-state index in [4.69, 9.17) is 0 Å². The molecule has 0 bridgehead atoms. The summed E-state index contributed by atoms with van der Waals surface area (Å²) < 4.78 is 12.5. The summed E-state index contributed by atoms with van der Waals surface area (Å²) in [6.45, 7) is 6.71. The fourth-order valence-corrected chi connectivity index (χ4v) is 1.66. The van der Waals surface area contributed by atoms with Crippen LogP contribution in [0.5, 0.6) is 0 Å². The van der Waals surface area contributed by atoms with Gasteiger partial charge in [0.25, 0.3) is 0 Å². The van der Waals surface area contributed by atoms with E-state index < -0.39 is 6.17 Å². The average Bonchev–Trinajstić information content (AvgIpc) is 1.96. The zero-order valence-corrected chi connectivity index (χ0v) is 9.09. The molecule has 0 spiro atoms. The Bertz CT molecular complexity index is 202. The standard InChI is InChI=1S/C10H19FN2O/c1-7(2)4-8(3)12-10(14)13-5-9(11)6-13/h7-9H,4-6H2,1-3H3,(H,12,14). The van der Waals surface area contributed by atoms with Crippen LogP contribution in [-0.4, -0.2) is 36.2 Å². The summed E-state index contributed by atoms with van der Waals surface area (Å²) >= 11 is 0. The molecule has 1 atom stereocenters. The van der Waals surface area contributed by atoms with E-state index in [1.54, 1.807) is 0 Å². The van der Waals surface area contributed by atoms with Gasteiger partial charge in [-0.05, 0) is 19.3 Å². The highest BCUT2D eigenvalue weighted by Crippen LogP contribution is 2.12. The molecule has 0 aromatic rings. The number of rotatable bonds is 3. The maximum absolute atomic E-state index is 12.5. The first-order valence-corrected chi connectivity index (χ1v) is 5.18. The van der Waals surface area contributed by atoms with E-state index in [9.17, 15) is 9.18 Å². The summed E-state index contributed by atoms with van der Waals surface area (Å²) in [4.78, 5) is 12.9. The van der Waals surface area contributed by atoms with E-state index in [0.29, 0.717) is 5.92 Å². The molecule has 14 heavy (non-hydrogen) atoms. The van der Waals surface area contributed by atoms with Gasteiger partial charge in [-0.25, -0.2) is 9.18 Å². The van der Waals surface area contributed by atoms with Gasteiger partial charge in [0.15, 0.2) is 0 Å². The van der Waals surface area contributed by atoms with Crippen molar-refractivity contribution in [1.82, 2.24) is 10.2 Å². The predicted octanol–water partition coefficient (Wildman–Crippen LogP) is 1.78. The number of carbonyl (C=O) groups excluding carboxylic acids is 1. The Kier molecular flexibility index (Phi) is 3.72. The van der Waals surface area contributed by atoms with Gasteiger partial charge in [0.05, 0.1) is 13.1 Å². The molecule has 0 radical (unpaired) electrons. The SMILES string of the molecule is CC(C)CC(C)NC(=O)N1CC(F)C1. The van der Waals surface area contributed by atoms with Crippen LogP contribution in [0.25, 0.3) is 0 Å². The molecule has 1 unspecified atom stereocenters. The smallest absolute Gasteiger partial charge is 0.317 e. The Morgan fingerprint density at radius 3 is 2.50 bits per heavy atom. The van der Waals surface area contributed by atoms with E-state index in [-0.39, 0.29) is 25.2 Å². The van der Waals surface area contributed by atoms with Gasteiger partial charge in [0.2, 0.25) is 0 Å². The van der Waals surface area contributed by atoms with Crippen LogP contribution in [0.2, 0.25) is 0 Å². The van der Waals surface area contributed by atoms with Gasteiger partial charge in [-0.15, -0.1) is 0 Å². The Hall–Kier alpha value is -0.800. The van der Waals surface area contributed by atoms with Crippen LogP contribution >= 0.6 is 0 Å². The van der Waals surface area contributed by atoms with Crippen LogP contribution in [0.1, 0.15) is 27.2 Å². The second-order valence-electron chi connectivity index (χ2n) is 4.48. The van der Waals surface area contributed by atoms with E-state index in [0.717, 1.165) is 6.42 Å². The molecule has 1 aliphatic rings. The molecule has 1 heterocycles. The van der Waals surface area contributed by atoms with Crippen LogP contribution in [-0.2, 0) is 0 Å². The van der Waals surface area contributed by atoms with Crippen LogP contribution in [0.15, 0.2) is 0 Å². The molecule has 4 heteroatoms. The van der Waals surface area contributed by atoms with Crippen LogP contribution in [0.4, 0.5) is 9.18 Å². The minimum atomic E-state index is -0.818. The van der Waals surface area contributed by atoms with Crippen molar-refractivity contribution in [3.8, 4) is 0 Å². The molecule has 1 rings (SSSR count). The lowest BCUT2D eigenvalue weighted by atomic mass is 10.1. The molecule has 1 fully saturated rings. The maximum Gasteiger partial charge on any atom is 0.317 e. The second kappa shape index (κ2) is 4.62. The molecule has 2 amide bonds. The Morgan fingerprint density at radius 1 is 1.50 bits per heavy atom. The number of amides is 2. The summed E-state index contributed by atoms with van der Waals surface area (Å²) in [6, 6.07) is 0.0354. The van der Waals surface area contributed by atoms with Gasteiger partial charge in [-0.3, -0.25) is 0 Å². The van der Waals surface area contributed by atoms with Crippen molar-refractivity contribution in [2.45, 2.75) is 39.4 Å². The van der Waals surface area contributed by atoms with Gasteiger partial charge < -0.3 is 10.2 Å². The van der Waals surface area contributed by atoms with Gasteiger partial charge in [-0.1, -0.05) is 13.8 Å². The highest BCUT2D eigenvalue weighted by atomic mass is 19.1. The largest absolute Gasteiger partial charge is 0.336 e. The molecule has 0 aromatic heterocycles. The first-order chi connectivity index (χ1) is 6.49. The average molecular weight is 202 g/mol. The van der Waals surface area contributed by atoms with E-state index in [1.165, 1.54) is 4.90 Å². The van der Waals surface area contributed by atoms with Gasteiger partial charge >= 0.3 is 6.03 Å². The van der Waals surface area contributed by atoms with Crippen molar-refractivity contribution >= 4 is 6.03 Å². The predicted molar refractivity (Wildman–Crippen MR) is 53.9 cm³/mol. The lowest BCUT2D eigenvalue weighted by Crippen LogP contribution is -2.56. The molecule has 0 aromatic carbocycles. The van der Waals surface area contributed by atoms with Crippen molar-refractivity contribution in [2.24, 2.45) is 5.92 Å². The number of nitrogens with one attached hydrogen (secondary N) is 1. The van der Waals surface area contributed by atoms with Crippen molar-refractivity contribution < 1.29 is 9.18 Å². The third-order valence-electron chi connectivity index (χ3n) is 2.32. The molecule has 1 N–H and O–H groups in total. The molecule has 0 aliphatic carbocycles. The van der Waals surface area contributed by atoms with Crippen molar-refractivity contribution in [3.05, 3.63) is 0 Å². The minimum Gasteiger partial charge on any atom is -0.336 e. The van der Waals surface area contributed by atoms with E-state index in [2.05, 4.69) is 19.2 Å². The molecular weight excluding hydrogens is 183 g/mol. The van der Waals surface area contributed by atoms with Crippen LogP contribution in [0.3, 0.4) is 0 Å². The number of nitrogens with zero attached hydrogens (tertiary/aromatic N) is 1. The van der Waals surface area contributed by atoms with Crippen molar-refractivity contribution in [2.75, 3.05) is 13.1 Å². The summed E-state index contributed by atoms with van der Waals surface area (Å²) in [7, 11) is 0. The normalized spacial score (nSPS) is 19.4. The second-order valence-corrected chi connectivity index (χ2v) is 4.48. The third kappa shape index (κ3) is 3.16. The number of hydrogen-bond donors (Lipinski definition) is 1. The number of likely N-dealkylation sites (tertiary alicyclic amines) is 1. The monoisotopic (exact) mass is 202 g/mol. The summed E-state index contributed by atoms with van der Waals surface area (Å²) in [5, 5.41) is 2.85. The fourth-order valence-electron chi connectivity index (χ4n) is 1.66. The number of alkyl halides is 1. The zero-order valence-electron chi connectivity index (χ0n) is 9.09. The molecule has 1 aliphatic heterocycles. The quantitative estimate of drug-likeness (QED) is 0.743. The Morgan fingerprint density at radius 2 is 2.07 bits per heavy atom. The van der Waals surface area contributed by atoms with Gasteiger partial charge in [-0.2, -0.15) is 0 Å².